The van der Waals surface area contributed by atoms with Gasteiger partial charge in [-0.1, -0.05) is 6.07 Å². The van der Waals surface area contributed by atoms with E-state index in [0.29, 0.717) is 13.0 Å². The first-order chi connectivity index (χ1) is 12.0. The molecule has 2 amide bonds. The van der Waals surface area contributed by atoms with Crippen molar-refractivity contribution in [3.63, 3.8) is 0 Å². The average molecular weight is 394 g/mol. The molecule has 10 heteroatoms. The number of likely N-dealkylation sites (tertiary alicyclic amines) is 1. The van der Waals surface area contributed by atoms with Crippen molar-refractivity contribution in [3.05, 3.63) is 29.3 Å². The topological polar surface area (TPSA) is 75.7 Å². The highest BCUT2D eigenvalue weighted by atomic mass is 32.2. The number of halogens is 3. The Bertz CT molecular complexity index is 765. The van der Waals surface area contributed by atoms with Crippen molar-refractivity contribution < 1.29 is 31.1 Å². The maximum absolute atomic E-state index is 13.2. The zero-order chi connectivity index (χ0) is 19.5. The fourth-order valence-electron chi connectivity index (χ4n) is 2.96. The minimum atomic E-state index is -4.57. The molecule has 6 nitrogen and oxygen atoms in total. The summed E-state index contributed by atoms with van der Waals surface area (Å²) in [6.45, 7) is 0.360. The molecule has 146 valence electrons. The molecule has 0 bridgehead atoms. The number of urea groups is 1. The quantitative estimate of drug-likeness (QED) is 0.832. The Hall–Kier alpha value is -1.97. The smallest absolute Gasteiger partial charge is 0.416 e. The van der Waals surface area contributed by atoms with Crippen molar-refractivity contribution in [1.82, 2.24) is 10.2 Å². The summed E-state index contributed by atoms with van der Waals surface area (Å²) < 4.78 is 67.0. The number of nitrogens with zero attached hydrogens (tertiary/aromatic N) is 1. The van der Waals surface area contributed by atoms with E-state index in [0.717, 1.165) is 12.3 Å². The van der Waals surface area contributed by atoms with Crippen LogP contribution in [0, 0.1) is 5.92 Å². The highest BCUT2D eigenvalue weighted by Crippen LogP contribution is 2.34. The normalized spacial score (nSPS) is 18.0. The van der Waals surface area contributed by atoms with Gasteiger partial charge in [0.15, 0.2) is 0 Å². The Morgan fingerprint density at radius 1 is 1.38 bits per heavy atom. The van der Waals surface area contributed by atoms with Crippen LogP contribution in [0.3, 0.4) is 0 Å². The molecule has 1 aliphatic rings. The van der Waals surface area contributed by atoms with E-state index >= 15 is 0 Å². The number of hydrogen-bond donors (Lipinski definition) is 1. The number of amides is 2. The number of methoxy groups -OCH3 is 1. The number of hydrogen-bond acceptors (Lipinski definition) is 4. The van der Waals surface area contributed by atoms with Crippen LogP contribution >= 0.6 is 0 Å². The van der Waals surface area contributed by atoms with E-state index in [1.54, 1.807) is 0 Å². The van der Waals surface area contributed by atoms with Gasteiger partial charge in [0.25, 0.3) is 0 Å². The van der Waals surface area contributed by atoms with E-state index in [2.05, 4.69) is 5.32 Å². The van der Waals surface area contributed by atoms with Gasteiger partial charge in [-0.25, -0.2) is 13.2 Å². The Labute approximate surface area is 150 Å². The average Bonchev–Trinajstić information content (AvgIpc) is 2.98. The third-order valence-electron chi connectivity index (χ3n) is 4.16. The van der Waals surface area contributed by atoms with Gasteiger partial charge in [-0.3, -0.25) is 0 Å². The molecule has 1 fully saturated rings. The van der Waals surface area contributed by atoms with Gasteiger partial charge in [0.2, 0.25) is 0 Å². The van der Waals surface area contributed by atoms with E-state index in [1.165, 1.54) is 24.1 Å². The second kappa shape index (κ2) is 7.73. The first kappa shape index (κ1) is 20.3. The minimum Gasteiger partial charge on any atom is -0.497 e. The number of carbonyl (C=O) groups is 1. The molecule has 0 unspecified atom stereocenters. The predicted octanol–water partition coefficient (Wildman–Crippen LogP) is 2.29. The molecule has 0 radical (unpaired) electrons. The highest BCUT2D eigenvalue weighted by molar-refractivity contribution is 7.90. The molecule has 1 atom stereocenters. The molecule has 0 spiro atoms. The third-order valence-corrected chi connectivity index (χ3v) is 5.24. The van der Waals surface area contributed by atoms with Gasteiger partial charge < -0.3 is 15.0 Å². The van der Waals surface area contributed by atoms with Crippen molar-refractivity contribution in [2.75, 3.05) is 32.2 Å². The van der Waals surface area contributed by atoms with Gasteiger partial charge in [0.05, 0.1) is 18.4 Å². The maximum atomic E-state index is 13.2. The van der Waals surface area contributed by atoms with Crippen molar-refractivity contribution in [2.24, 2.45) is 5.92 Å². The number of benzene rings is 1. The Kier molecular flexibility index (Phi) is 6.05. The van der Waals surface area contributed by atoms with Gasteiger partial charge in [0.1, 0.15) is 15.6 Å². The fraction of sp³-hybridized carbons (Fsp3) is 0.562. The second-order valence-electron chi connectivity index (χ2n) is 6.37. The largest absolute Gasteiger partial charge is 0.497 e. The fourth-order valence-corrected chi connectivity index (χ4v) is 4.09. The van der Waals surface area contributed by atoms with Gasteiger partial charge in [-0.05, 0) is 30.0 Å². The lowest BCUT2D eigenvalue weighted by Gasteiger charge is -2.19. The molecule has 1 saturated heterocycles. The van der Waals surface area contributed by atoms with Crippen LogP contribution in [0.5, 0.6) is 5.75 Å². The van der Waals surface area contributed by atoms with E-state index in [1.807, 2.05) is 0 Å². The summed E-state index contributed by atoms with van der Waals surface area (Å²) in [5.74, 6) is -0.0777. The van der Waals surface area contributed by atoms with Crippen molar-refractivity contribution in [3.8, 4) is 5.75 Å². The Morgan fingerprint density at radius 2 is 2.08 bits per heavy atom. The summed E-state index contributed by atoms with van der Waals surface area (Å²) in [6.07, 6.45) is -2.88. The number of nitrogens with one attached hydrogen (secondary N) is 1. The summed E-state index contributed by atoms with van der Waals surface area (Å²) in [7, 11) is -1.86. The summed E-state index contributed by atoms with van der Waals surface area (Å²) >= 11 is 0. The minimum absolute atomic E-state index is 0.00647. The van der Waals surface area contributed by atoms with E-state index < -0.39 is 27.6 Å². The molecule has 1 aromatic rings. The molecule has 0 saturated carbocycles. The van der Waals surface area contributed by atoms with E-state index in [9.17, 15) is 26.4 Å². The maximum Gasteiger partial charge on any atom is 0.416 e. The molecule has 26 heavy (non-hydrogen) atoms. The number of ether oxygens (including phenoxy) is 1. The third kappa shape index (κ3) is 5.52. The summed E-state index contributed by atoms with van der Waals surface area (Å²) in [6, 6.07) is 3.04. The molecule has 1 aromatic carbocycles. The zero-order valence-electron chi connectivity index (χ0n) is 14.5. The SMILES string of the molecule is COc1ccc(CNC(=O)N2CC[C@H](CS(C)(=O)=O)C2)c(C(F)(F)F)c1. The lowest BCUT2D eigenvalue weighted by Crippen LogP contribution is -2.38. The highest BCUT2D eigenvalue weighted by Gasteiger charge is 2.34. The second-order valence-corrected chi connectivity index (χ2v) is 8.56. The van der Waals surface area contributed by atoms with Crippen molar-refractivity contribution >= 4 is 15.9 Å². The van der Waals surface area contributed by atoms with Crippen LogP contribution in [0.1, 0.15) is 17.5 Å². The van der Waals surface area contributed by atoms with Crippen LogP contribution in [-0.4, -0.2) is 51.6 Å². The van der Waals surface area contributed by atoms with Crippen molar-refractivity contribution in [1.29, 1.82) is 0 Å². The van der Waals surface area contributed by atoms with Crippen LogP contribution in [0.15, 0.2) is 18.2 Å². The molecular formula is C16H21F3N2O4S. The molecular weight excluding hydrogens is 373 g/mol. The van der Waals surface area contributed by atoms with Gasteiger partial charge in [-0.2, -0.15) is 13.2 Å². The van der Waals surface area contributed by atoms with Gasteiger partial charge >= 0.3 is 12.2 Å². The Balaban J connectivity index is 2.00. The molecule has 1 heterocycles. The monoisotopic (exact) mass is 394 g/mol. The van der Waals surface area contributed by atoms with E-state index in [-0.39, 0.29) is 36.1 Å². The molecule has 2 rings (SSSR count). The molecule has 0 aliphatic carbocycles. The zero-order valence-corrected chi connectivity index (χ0v) is 15.3. The lowest BCUT2D eigenvalue weighted by molar-refractivity contribution is -0.138. The molecule has 1 aliphatic heterocycles. The summed E-state index contributed by atoms with van der Waals surface area (Å²) in [5, 5.41) is 2.47. The molecule has 1 N–H and O–H groups in total. The van der Waals surface area contributed by atoms with Crippen LogP contribution in [-0.2, 0) is 22.6 Å². The van der Waals surface area contributed by atoms with Gasteiger partial charge in [-0.15, -0.1) is 0 Å². The van der Waals surface area contributed by atoms with Crippen LogP contribution in [0.4, 0.5) is 18.0 Å². The first-order valence-electron chi connectivity index (χ1n) is 7.94. The number of alkyl halides is 3. The predicted molar refractivity (Wildman–Crippen MR) is 89.6 cm³/mol. The van der Waals surface area contributed by atoms with Crippen molar-refractivity contribution in [2.45, 2.75) is 19.1 Å². The number of rotatable bonds is 5. The summed E-state index contributed by atoms with van der Waals surface area (Å²) in [5.41, 5.74) is -0.938. The first-order valence-corrected chi connectivity index (χ1v) is 10.0. The van der Waals surface area contributed by atoms with Crippen LogP contribution in [0.2, 0.25) is 0 Å². The van der Waals surface area contributed by atoms with Crippen LogP contribution in [0.25, 0.3) is 0 Å². The van der Waals surface area contributed by atoms with E-state index in [4.69, 9.17) is 4.74 Å². The number of sulfone groups is 1. The van der Waals surface area contributed by atoms with Crippen LogP contribution < -0.4 is 10.1 Å². The lowest BCUT2D eigenvalue weighted by atomic mass is 10.1. The molecule has 0 aromatic heterocycles. The Morgan fingerprint density at radius 3 is 2.65 bits per heavy atom. The van der Waals surface area contributed by atoms with Gasteiger partial charge in [0, 0.05) is 25.9 Å². The number of carbonyl (C=O) groups excluding carboxylic acids is 1. The standard InChI is InChI=1S/C16H21F3N2O4S/c1-25-13-4-3-12(14(7-13)16(17,18)19)8-20-15(22)21-6-5-11(9-21)10-26(2,23)24/h3-4,7,11H,5-6,8-10H2,1-2H3,(H,20,22)/t11-/m0/s1. The summed E-state index contributed by atoms with van der Waals surface area (Å²) in [4.78, 5) is 13.6.